The Hall–Kier alpha value is -3.60. The highest BCUT2D eigenvalue weighted by Crippen LogP contribution is 2.29. The molecular weight excluding hydrogens is 362 g/mol. The minimum absolute atomic E-state index is 0.0145. The number of rotatable bonds is 2. The molecule has 5 aromatic rings. The van der Waals surface area contributed by atoms with Crippen LogP contribution >= 0.6 is 0 Å². The van der Waals surface area contributed by atoms with Crippen molar-refractivity contribution in [3.8, 4) is 0 Å². The Kier molecular flexibility index (Phi) is 3.74. The van der Waals surface area contributed by atoms with Gasteiger partial charge in [-0.1, -0.05) is 18.2 Å². The molecule has 0 aliphatic carbocycles. The number of hydrogen-bond acceptors (Lipinski definition) is 3. The number of H-pyrrole nitrogens is 1. The van der Waals surface area contributed by atoms with Crippen LogP contribution in [-0.2, 0) is 6.54 Å². The first-order valence-corrected chi connectivity index (χ1v) is 9.72. The molecule has 5 nitrogen and oxygen atoms in total. The van der Waals surface area contributed by atoms with E-state index >= 15 is 0 Å². The average molecular weight is 383 g/mol. The van der Waals surface area contributed by atoms with Gasteiger partial charge in [0.15, 0.2) is 10.9 Å². The van der Waals surface area contributed by atoms with Crippen molar-refractivity contribution < 1.29 is 0 Å². The molecule has 29 heavy (non-hydrogen) atoms. The van der Waals surface area contributed by atoms with Gasteiger partial charge in [-0.25, -0.2) is 0 Å². The van der Waals surface area contributed by atoms with Gasteiger partial charge in [0.25, 0.3) is 0 Å². The maximum absolute atomic E-state index is 13.4. The zero-order chi connectivity index (χ0) is 20.3. The van der Waals surface area contributed by atoms with Gasteiger partial charge in [0.05, 0.1) is 22.2 Å². The Balaban J connectivity index is 2.06. The lowest BCUT2D eigenvalue weighted by Gasteiger charge is -2.21. The Labute approximate surface area is 166 Å². The van der Waals surface area contributed by atoms with E-state index in [4.69, 9.17) is 0 Å². The van der Waals surface area contributed by atoms with Gasteiger partial charge < -0.3 is 14.5 Å². The number of fused-ring (bicyclic) bond motifs is 4. The van der Waals surface area contributed by atoms with E-state index in [0.29, 0.717) is 33.6 Å². The summed E-state index contributed by atoms with van der Waals surface area (Å²) in [5.74, 6) is 0. The van der Waals surface area contributed by atoms with Crippen molar-refractivity contribution in [1.29, 1.82) is 0 Å². The van der Waals surface area contributed by atoms with Gasteiger partial charge >= 0.3 is 0 Å². The number of pyridine rings is 2. The molecule has 3 aromatic carbocycles. The van der Waals surface area contributed by atoms with Gasteiger partial charge in [0.2, 0.25) is 0 Å². The third kappa shape index (κ3) is 2.40. The van der Waals surface area contributed by atoms with Crippen molar-refractivity contribution in [2.45, 2.75) is 13.5 Å². The van der Waals surface area contributed by atoms with Crippen LogP contribution in [-0.4, -0.2) is 23.6 Å². The molecule has 0 saturated carbocycles. The first-order valence-electron chi connectivity index (χ1n) is 9.72. The Bertz CT molecular complexity index is 1560. The molecule has 144 valence electrons. The Morgan fingerprint density at radius 2 is 1.55 bits per heavy atom. The lowest BCUT2D eigenvalue weighted by Crippen LogP contribution is -2.17. The fraction of sp³-hybridized carbons (Fsp3) is 0.167. The van der Waals surface area contributed by atoms with Gasteiger partial charge in [-0.15, -0.1) is 0 Å². The topological polar surface area (TPSA) is 58.1 Å². The second kappa shape index (κ2) is 6.21. The largest absolute Gasteiger partial charge is 0.376 e. The third-order valence-electron chi connectivity index (χ3n) is 5.68. The quantitative estimate of drug-likeness (QED) is 0.464. The zero-order valence-electron chi connectivity index (χ0n) is 16.6. The van der Waals surface area contributed by atoms with Crippen molar-refractivity contribution in [1.82, 2.24) is 9.55 Å². The van der Waals surface area contributed by atoms with Crippen molar-refractivity contribution in [2.24, 2.45) is 0 Å². The lowest BCUT2D eigenvalue weighted by atomic mass is 10.0. The van der Waals surface area contributed by atoms with Crippen LogP contribution in [0.15, 0.2) is 64.2 Å². The summed E-state index contributed by atoms with van der Waals surface area (Å²) in [6.45, 7) is 2.75. The molecule has 0 amide bonds. The van der Waals surface area contributed by atoms with Gasteiger partial charge in [0.1, 0.15) is 0 Å². The van der Waals surface area contributed by atoms with E-state index in [2.05, 4.69) is 16.5 Å². The van der Waals surface area contributed by atoms with Crippen molar-refractivity contribution in [3.63, 3.8) is 0 Å². The summed E-state index contributed by atoms with van der Waals surface area (Å²) in [6.07, 6.45) is 0. The predicted octanol–water partition coefficient (Wildman–Crippen LogP) is 4.24. The van der Waals surface area contributed by atoms with E-state index in [-0.39, 0.29) is 10.9 Å². The van der Waals surface area contributed by atoms with E-state index < -0.39 is 0 Å². The number of nitrogens with one attached hydrogen (secondary N) is 1. The molecule has 0 spiro atoms. The highest BCUT2D eigenvalue weighted by molar-refractivity contribution is 6.05. The Morgan fingerprint density at radius 1 is 0.828 bits per heavy atom. The van der Waals surface area contributed by atoms with E-state index in [1.807, 2.05) is 73.6 Å². The van der Waals surface area contributed by atoms with Crippen LogP contribution in [0, 0.1) is 0 Å². The predicted molar refractivity (Wildman–Crippen MR) is 121 cm³/mol. The van der Waals surface area contributed by atoms with Crippen LogP contribution in [0.5, 0.6) is 0 Å². The standard InChI is InChI=1S/C24H21N3O2/c1-4-27-21-13-16-19(25-18-10-6-5-8-14(18)23(16)28)12-17(21)24(29)15-9-7-11-20(22(15)27)26(2)3/h5-13H,4H2,1-3H3,(H,25,28). The summed E-state index contributed by atoms with van der Waals surface area (Å²) in [6, 6.07) is 17.0. The van der Waals surface area contributed by atoms with Crippen molar-refractivity contribution in [3.05, 3.63) is 75.0 Å². The molecule has 0 aliphatic rings. The molecule has 0 radical (unpaired) electrons. The average Bonchev–Trinajstić information content (AvgIpc) is 2.73. The van der Waals surface area contributed by atoms with Crippen LogP contribution in [0.25, 0.3) is 43.6 Å². The molecule has 0 atom stereocenters. The number of aromatic amines is 1. The molecule has 0 saturated heterocycles. The number of benzene rings is 3. The van der Waals surface area contributed by atoms with Crippen LogP contribution in [0.3, 0.4) is 0 Å². The lowest BCUT2D eigenvalue weighted by molar-refractivity contribution is 0.820. The first kappa shape index (κ1) is 17.5. The fourth-order valence-electron chi connectivity index (χ4n) is 4.32. The van der Waals surface area contributed by atoms with E-state index in [1.165, 1.54) is 0 Å². The zero-order valence-corrected chi connectivity index (χ0v) is 16.6. The summed E-state index contributed by atoms with van der Waals surface area (Å²) < 4.78 is 2.13. The molecule has 5 heteroatoms. The number of aryl methyl sites for hydroxylation is 1. The maximum atomic E-state index is 13.4. The number of hydrogen-bond donors (Lipinski definition) is 1. The molecule has 2 aromatic heterocycles. The minimum atomic E-state index is -0.0210. The van der Waals surface area contributed by atoms with Gasteiger partial charge in [-0.05, 0) is 43.3 Å². The summed E-state index contributed by atoms with van der Waals surface area (Å²) in [5.41, 5.74) is 4.09. The molecule has 0 aliphatic heterocycles. The van der Waals surface area contributed by atoms with Gasteiger partial charge in [-0.3, -0.25) is 9.59 Å². The summed E-state index contributed by atoms with van der Waals surface area (Å²) in [7, 11) is 3.95. The van der Waals surface area contributed by atoms with Crippen LogP contribution in [0.4, 0.5) is 5.69 Å². The highest BCUT2D eigenvalue weighted by Gasteiger charge is 2.16. The van der Waals surface area contributed by atoms with Crippen LogP contribution in [0.2, 0.25) is 0 Å². The first-order chi connectivity index (χ1) is 14.0. The number of aromatic nitrogens is 2. The monoisotopic (exact) mass is 383 g/mol. The smallest absolute Gasteiger partial charge is 0.197 e. The molecule has 0 bridgehead atoms. The highest BCUT2D eigenvalue weighted by atomic mass is 16.1. The normalized spacial score (nSPS) is 11.7. The summed E-state index contributed by atoms with van der Waals surface area (Å²) in [4.78, 5) is 31.9. The minimum Gasteiger partial charge on any atom is -0.376 e. The van der Waals surface area contributed by atoms with Crippen LogP contribution < -0.4 is 15.8 Å². The second-order valence-electron chi connectivity index (χ2n) is 7.56. The fourth-order valence-corrected chi connectivity index (χ4v) is 4.32. The molecule has 2 heterocycles. The molecule has 1 N–H and O–H groups in total. The molecular formula is C24H21N3O2. The molecule has 5 rings (SSSR count). The van der Waals surface area contributed by atoms with Crippen LogP contribution in [0.1, 0.15) is 6.92 Å². The van der Waals surface area contributed by atoms with E-state index in [1.54, 1.807) is 0 Å². The van der Waals surface area contributed by atoms with Crippen molar-refractivity contribution >= 4 is 49.3 Å². The maximum Gasteiger partial charge on any atom is 0.197 e. The Morgan fingerprint density at radius 3 is 2.31 bits per heavy atom. The van der Waals surface area contributed by atoms with E-state index in [9.17, 15) is 9.59 Å². The number of nitrogens with zero attached hydrogens (tertiary/aromatic N) is 2. The summed E-state index contributed by atoms with van der Waals surface area (Å²) >= 11 is 0. The second-order valence-corrected chi connectivity index (χ2v) is 7.56. The van der Waals surface area contributed by atoms with E-state index in [0.717, 1.165) is 22.2 Å². The van der Waals surface area contributed by atoms with Crippen molar-refractivity contribution in [2.75, 3.05) is 19.0 Å². The van der Waals surface area contributed by atoms with Gasteiger partial charge in [-0.2, -0.15) is 0 Å². The number of para-hydroxylation sites is 2. The SMILES string of the molecule is CCn1c2cc3c(=O)c4ccccc4[nH]c3cc2c(=O)c2cccc(N(C)C)c21. The summed E-state index contributed by atoms with van der Waals surface area (Å²) in [5, 5.41) is 2.56. The molecule has 0 unspecified atom stereocenters. The molecule has 0 fully saturated rings. The van der Waals surface area contributed by atoms with Gasteiger partial charge in [0, 0.05) is 47.7 Å². The third-order valence-corrected chi connectivity index (χ3v) is 5.68. The number of anilines is 1.